The molecule has 0 aliphatic rings. The van der Waals surface area contributed by atoms with Gasteiger partial charge in [0, 0.05) is 66.0 Å². The first kappa shape index (κ1) is 33.8. The van der Waals surface area contributed by atoms with E-state index in [1.807, 2.05) is 41.3 Å². The van der Waals surface area contributed by atoms with E-state index in [1.54, 1.807) is 19.3 Å². The number of nitrogens with zero attached hydrogens (tertiary/aromatic N) is 3. The van der Waals surface area contributed by atoms with Crippen LogP contribution in [0.25, 0.3) is 0 Å². The molecule has 2 amide bonds. The van der Waals surface area contributed by atoms with Crippen LogP contribution in [0, 0.1) is 0 Å². The van der Waals surface area contributed by atoms with Gasteiger partial charge in [0.2, 0.25) is 0 Å². The van der Waals surface area contributed by atoms with E-state index in [0.717, 1.165) is 11.4 Å². The summed E-state index contributed by atoms with van der Waals surface area (Å²) in [5.41, 5.74) is 1.62. The molecule has 3 N–H and O–H groups in total. The quantitative estimate of drug-likeness (QED) is 0.205. The Bertz CT molecular complexity index is 988. The number of urea groups is 1. The molecule has 0 unspecified atom stereocenters. The van der Waals surface area contributed by atoms with Crippen LogP contribution in [0.1, 0.15) is 37.6 Å². The maximum Gasteiger partial charge on any atom is 0.326 e. The van der Waals surface area contributed by atoms with Gasteiger partial charge < -0.3 is 25.2 Å². The van der Waals surface area contributed by atoms with E-state index in [2.05, 4.69) is 20.6 Å². The number of pyridine rings is 2. The third-order valence-corrected chi connectivity index (χ3v) is 5.48. The number of amides is 2. The van der Waals surface area contributed by atoms with Crippen LogP contribution in [0.15, 0.2) is 48.8 Å². The Morgan fingerprint density at radius 3 is 2.03 bits per heavy atom. The zero-order valence-electron chi connectivity index (χ0n) is 22.0. The number of Topliss-reactive ketones (excluding diaryl/α,β-unsaturated/α-hetero) is 1. The SMILES string of the molecule is CCOC(=O)CC[C@H](NC(=O)N[C@@H](CCN(Cc1ccccn1)Cc1ccccn1)C(=O)O)C(=O)COC.[Re]. The number of carboxylic acid groups (broad SMARTS) is 1. The summed E-state index contributed by atoms with van der Waals surface area (Å²) in [6.45, 7) is 2.82. The van der Waals surface area contributed by atoms with Crippen molar-refractivity contribution in [1.29, 1.82) is 0 Å². The van der Waals surface area contributed by atoms with Gasteiger partial charge in [-0.05, 0) is 44.0 Å². The Kier molecular flexibility index (Phi) is 16.4. The number of aromatic nitrogens is 2. The molecule has 2 heterocycles. The smallest absolute Gasteiger partial charge is 0.326 e. The predicted molar refractivity (Wildman–Crippen MR) is 137 cm³/mol. The molecule has 2 aromatic rings. The van der Waals surface area contributed by atoms with Gasteiger partial charge in [0.1, 0.15) is 12.6 Å². The number of ether oxygens (including phenoxy) is 2. The third-order valence-electron chi connectivity index (χ3n) is 5.48. The van der Waals surface area contributed by atoms with Gasteiger partial charge >= 0.3 is 18.0 Å². The van der Waals surface area contributed by atoms with E-state index < -0.39 is 35.8 Å². The van der Waals surface area contributed by atoms with Crippen molar-refractivity contribution in [3.05, 3.63) is 60.2 Å². The molecule has 0 bridgehead atoms. The Balaban J connectivity index is 0.00000760. The van der Waals surface area contributed by atoms with Crippen LogP contribution in [0.3, 0.4) is 0 Å². The molecule has 2 rings (SSSR count). The van der Waals surface area contributed by atoms with Crippen molar-refractivity contribution in [2.45, 2.75) is 51.4 Å². The first-order valence-corrected chi connectivity index (χ1v) is 12.3. The van der Waals surface area contributed by atoms with Crippen molar-refractivity contribution < 1.29 is 54.2 Å². The minimum absolute atomic E-state index is 0. The van der Waals surface area contributed by atoms with Crippen molar-refractivity contribution in [1.82, 2.24) is 25.5 Å². The molecule has 2 aromatic heterocycles. The van der Waals surface area contributed by atoms with E-state index in [0.29, 0.717) is 19.6 Å². The molecular weight excluding hydrogens is 681 g/mol. The minimum Gasteiger partial charge on any atom is -0.480 e. The Labute approximate surface area is 241 Å². The van der Waals surface area contributed by atoms with Crippen LogP contribution in [0.5, 0.6) is 0 Å². The maximum atomic E-state index is 12.6. The molecule has 213 valence electrons. The topological polar surface area (TPSA) is 160 Å². The van der Waals surface area contributed by atoms with Crippen LogP contribution in [-0.4, -0.2) is 82.7 Å². The largest absolute Gasteiger partial charge is 0.480 e. The van der Waals surface area contributed by atoms with Crippen LogP contribution in [0.4, 0.5) is 4.79 Å². The first-order chi connectivity index (χ1) is 18.3. The summed E-state index contributed by atoms with van der Waals surface area (Å²) in [4.78, 5) is 59.3. The molecule has 0 saturated carbocycles. The van der Waals surface area contributed by atoms with Crippen LogP contribution < -0.4 is 10.6 Å². The number of carboxylic acids is 1. The molecule has 0 aromatic carbocycles. The summed E-state index contributed by atoms with van der Waals surface area (Å²) >= 11 is 0. The third kappa shape index (κ3) is 13.4. The number of hydrogen-bond acceptors (Lipinski definition) is 9. The number of aliphatic carboxylic acids is 1. The molecule has 39 heavy (non-hydrogen) atoms. The molecule has 12 nitrogen and oxygen atoms in total. The van der Waals surface area contributed by atoms with E-state index in [-0.39, 0.29) is 52.9 Å². The Hall–Kier alpha value is -3.24. The molecular formula is C26H35N5O7Re. The molecule has 0 aliphatic carbocycles. The van der Waals surface area contributed by atoms with Gasteiger partial charge in [-0.1, -0.05) is 12.1 Å². The van der Waals surface area contributed by atoms with Crippen LogP contribution in [0.2, 0.25) is 0 Å². The number of hydrogen-bond donors (Lipinski definition) is 3. The monoisotopic (exact) mass is 716 g/mol. The van der Waals surface area contributed by atoms with Crippen molar-refractivity contribution in [2.24, 2.45) is 0 Å². The average Bonchev–Trinajstić information content (AvgIpc) is 2.90. The second-order valence-electron chi connectivity index (χ2n) is 8.45. The van der Waals surface area contributed by atoms with Gasteiger partial charge in [-0.15, -0.1) is 0 Å². The van der Waals surface area contributed by atoms with Gasteiger partial charge in [0.15, 0.2) is 5.78 Å². The molecule has 2 atom stereocenters. The number of carbonyl (C=O) groups excluding carboxylic acids is 3. The van der Waals surface area contributed by atoms with Crippen molar-refractivity contribution in [3.63, 3.8) is 0 Å². The second kappa shape index (κ2) is 18.9. The fraction of sp³-hybridized carbons (Fsp3) is 0.462. The Morgan fingerprint density at radius 2 is 1.54 bits per heavy atom. The first-order valence-electron chi connectivity index (χ1n) is 12.3. The number of carbonyl (C=O) groups is 4. The van der Waals surface area contributed by atoms with Crippen molar-refractivity contribution in [3.8, 4) is 0 Å². The number of methoxy groups -OCH3 is 1. The molecule has 0 fully saturated rings. The average molecular weight is 716 g/mol. The fourth-order valence-electron chi connectivity index (χ4n) is 3.63. The summed E-state index contributed by atoms with van der Waals surface area (Å²) in [5.74, 6) is -2.17. The van der Waals surface area contributed by atoms with Crippen molar-refractivity contribution >= 4 is 23.8 Å². The van der Waals surface area contributed by atoms with E-state index in [1.165, 1.54) is 7.11 Å². The second-order valence-corrected chi connectivity index (χ2v) is 8.45. The fourth-order valence-corrected chi connectivity index (χ4v) is 3.63. The summed E-state index contributed by atoms with van der Waals surface area (Å²) < 4.78 is 9.73. The van der Waals surface area contributed by atoms with Gasteiger partial charge in [-0.2, -0.15) is 0 Å². The molecule has 0 aliphatic heterocycles. The standard InChI is InChI=1S/C26H35N5O7.Re/c1-3-38-24(33)11-10-21(23(32)18-37-2)29-26(36)30-22(25(34)35)12-15-31(16-19-8-4-6-13-27-19)17-20-9-5-7-14-28-20;/h4-9,13-14,21-22H,3,10-12,15-18H2,1-2H3,(H,34,35)(H2,29,30,36);/t21-,22-;/m0./s1. The normalized spacial score (nSPS) is 12.1. The number of rotatable bonds is 17. The number of esters is 1. The number of nitrogens with one attached hydrogen (secondary N) is 2. The van der Waals surface area contributed by atoms with Gasteiger partial charge in [-0.3, -0.25) is 24.5 Å². The Morgan fingerprint density at radius 1 is 0.949 bits per heavy atom. The van der Waals surface area contributed by atoms with Gasteiger partial charge in [0.25, 0.3) is 0 Å². The van der Waals surface area contributed by atoms with Crippen LogP contribution in [-0.2, 0) is 57.4 Å². The molecule has 13 heteroatoms. The van der Waals surface area contributed by atoms with Gasteiger partial charge in [-0.25, -0.2) is 9.59 Å². The van der Waals surface area contributed by atoms with E-state index in [9.17, 15) is 24.3 Å². The van der Waals surface area contributed by atoms with Gasteiger partial charge in [0.05, 0.1) is 24.0 Å². The maximum absolute atomic E-state index is 12.6. The predicted octanol–water partition coefficient (Wildman–Crippen LogP) is 1.55. The summed E-state index contributed by atoms with van der Waals surface area (Å²) in [6, 6.07) is 8.01. The number of ketones is 1. The van der Waals surface area contributed by atoms with E-state index >= 15 is 0 Å². The summed E-state index contributed by atoms with van der Waals surface area (Å²) in [7, 11) is 1.34. The van der Waals surface area contributed by atoms with E-state index in [4.69, 9.17) is 9.47 Å². The molecule has 1 radical (unpaired) electrons. The summed E-state index contributed by atoms with van der Waals surface area (Å²) in [6.07, 6.45) is 3.36. The zero-order valence-corrected chi connectivity index (χ0v) is 24.8. The molecule has 0 saturated heterocycles. The van der Waals surface area contributed by atoms with Crippen LogP contribution >= 0.6 is 0 Å². The minimum atomic E-state index is -1.23. The molecule has 0 spiro atoms. The summed E-state index contributed by atoms with van der Waals surface area (Å²) in [5, 5.41) is 14.6. The van der Waals surface area contributed by atoms with Crippen molar-refractivity contribution in [2.75, 3.05) is 26.9 Å². The zero-order chi connectivity index (χ0) is 27.8.